The van der Waals surface area contributed by atoms with Crippen molar-refractivity contribution in [3.8, 4) is 0 Å². The van der Waals surface area contributed by atoms with Crippen LogP contribution in [0.5, 0.6) is 0 Å². The van der Waals surface area contributed by atoms with E-state index in [-0.39, 0.29) is 12.4 Å². The zero-order valence-corrected chi connectivity index (χ0v) is 21.5. The Balaban J connectivity index is 1.96. The lowest BCUT2D eigenvalue weighted by Crippen LogP contribution is -2.17. The van der Waals surface area contributed by atoms with Crippen LogP contribution in [-0.2, 0) is 18.9 Å². The van der Waals surface area contributed by atoms with E-state index in [0.717, 1.165) is 39.1 Å². The fourth-order valence-corrected chi connectivity index (χ4v) is 4.37. The van der Waals surface area contributed by atoms with Gasteiger partial charge in [0.05, 0.1) is 32.5 Å². The standard InChI is InChI=1S/C28H54O5/c1-27(29)26-32-23-22-30-20-16-13-17-21-31-24-25-33-28-18-14-11-9-7-5-3-2-4-6-8-10-12-15-19-28/h28-29H,1-26H2. The lowest BCUT2D eigenvalue weighted by molar-refractivity contribution is -0.00505. The number of ether oxygens (including phenoxy) is 4. The van der Waals surface area contributed by atoms with Crippen LogP contribution in [0.3, 0.4) is 0 Å². The van der Waals surface area contributed by atoms with Crippen molar-refractivity contribution in [2.24, 2.45) is 0 Å². The summed E-state index contributed by atoms with van der Waals surface area (Å²) in [6, 6.07) is 0. The van der Waals surface area contributed by atoms with E-state index in [9.17, 15) is 0 Å². The first-order valence-electron chi connectivity index (χ1n) is 14.0. The third-order valence-electron chi connectivity index (χ3n) is 6.35. The predicted molar refractivity (Wildman–Crippen MR) is 137 cm³/mol. The molecule has 1 rings (SSSR count). The smallest absolute Gasteiger partial charge is 0.111 e. The molecule has 0 unspecified atom stereocenters. The second-order valence-corrected chi connectivity index (χ2v) is 9.57. The summed E-state index contributed by atoms with van der Waals surface area (Å²) in [7, 11) is 0. The number of hydrogen-bond acceptors (Lipinski definition) is 5. The molecule has 196 valence electrons. The predicted octanol–water partition coefficient (Wildman–Crippen LogP) is 7.53. The van der Waals surface area contributed by atoms with Gasteiger partial charge in [0, 0.05) is 13.2 Å². The maximum Gasteiger partial charge on any atom is 0.111 e. The Bertz CT molecular complexity index is 399. The molecular weight excluding hydrogens is 416 g/mol. The summed E-state index contributed by atoms with van der Waals surface area (Å²) in [5.41, 5.74) is 0. The first-order chi connectivity index (χ1) is 16.3. The molecule has 0 heterocycles. The number of unbranched alkanes of at least 4 members (excludes halogenated alkanes) is 2. The molecule has 33 heavy (non-hydrogen) atoms. The van der Waals surface area contributed by atoms with E-state index < -0.39 is 0 Å². The van der Waals surface area contributed by atoms with Crippen LogP contribution in [0.25, 0.3) is 0 Å². The monoisotopic (exact) mass is 470 g/mol. The van der Waals surface area contributed by atoms with Crippen LogP contribution in [0.4, 0.5) is 0 Å². The third-order valence-corrected chi connectivity index (χ3v) is 6.35. The summed E-state index contributed by atoms with van der Waals surface area (Å²) in [6.07, 6.45) is 24.3. The number of rotatable bonds is 15. The molecule has 1 aliphatic rings. The van der Waals surface area contributed by atoms with Crippen molar-refractivity contribution in [1.82, 2.24) is 0 Å². The first kappa shape index (κ1) is 30.4. The van der Waals surface area contributed by atoms with Gasteiger partial charge in [0.2, 0.25) is 0 Å². The molecule has 0 aromatic heterocycles. The Kier molecular flexibility index (Phi) is 22.6. The molecule has 0 saturated heterocycles. The minimum atomic E-state index is 0.0538. The Labute approximate surface area is 204 Å². The minimum absolute atomic E-state index is 0.0538. The van der Waals surface area contributed by atoms with E-state index >= 15 is 0 Å². The van der Waals surface area contributed by atoms with Crippen molar-refractivity contribution in [1.29, 1.82) is 0 Å². The van der Waals surface area contributed by atoms with Crippen LogP contribution < -0.4 is 0 Å². The molecule has 0 bridgehead atoms. The van der Waals surface area contributed by atoms with Crippen molar-refractivity contribution in [3.05, 3.63) is 12.3 Å². The van der Waals surface area contributed by atoms with Crippen LogP contribution >= 0.6 is 0 Å². The highest BCUT2D eigenvalue weighted by Gasteiger charge is 2.09. The average Bonchev–Trinajstić information content (AvgIpc) is 2.80. The molecule has 0 atom stereocenters. The Morgan fingerprint density at radius 1 is 0.545 bits per heavy atom. The number of hydrogen-bond donors (Lipinski definition) is 1. The van der Waals surface area contributed by atoms with Crippen LogP contribution in [0.2, 0.25) is 0 Å². The molecule has 1 N–H and O–H groups in total. The normalized spacial score (nSPS) is 18.3. The summed E-state index contributed by atoms with van der Waals surface area (Å²) < 4.78 is 22.7. The first-order valence-corrected chi connectivity index (χ1v) is 14.0. The molecule has 0 aromatic carbocycles. The van der Waals surface area contributed by atoms with E-state index in [1.54, 1.807) is 0 Å². The highest BCUT2D eigenvalue weighted by Crippen LogP contribution is 2.18. The largest absolute Gasteiger partial charge is 0.510 e. The van der Waals surface area contributed by atoms with Gasteiger partial charge in [-0.3, -0.25) is 0 Å². The molecule has 1 saturated carbocycles. The molecule has 0 aliphatic heterocycles. The van der Waals surface area contributed by atoms with Crippen molar-refractivity contribution in [2.45, 2.75) is 122 Å². The van der Waals surface area contributed by atoms with Gasteiger partial charge in [0.15, 0.2) is 0 Å². The van der Waals surface area contributed by atoms with Crippen LogP contribution in [0, 0.1) is 0 Å². The topological polar surface area (TPSA) is 57.2 Å². The molecular formula is C28H54O5. The van der Waals surface area contributed by atoms with E-state index in [2.05, 4.69) is 6.58 Å². The lowest BCUT2D eigenvalue weighted by atomic mass is 10.00. The van der Waals surface area contributed by atoms with Crippen molar-refractivity contribution in [3.63, 3.8) is 0 Å². The van der Waals surface area contributed by atoms with Gasteiger partial charge >= 0.3 is 0 Å². The molecule has 0 amide bonds. The Morgan fingerprint density at radius 2 is 0.970 bits per heavy atom. The van der Waals surface area contributed by atoms with Gasteiger partial charge in [0.1, 0.15) is 12.4 Å². The molecule has 1 aliphatic carbocycles. The highest BCUT2D eigenvalue weighted by molar-refractivity contribution is 4.77. The van der Waals surface area contributed by atoms with Gasteiger partial charge in [0.25, 0.3) is 0 Å². The zero-order valence-electron chi connectivity index (χ0n) is 21.5. The maximum atomic E-state index is 8.91. The van der Waals surface area contributed by atoms with Gasteiger partial charge in [-0.05, 0) is 32.1 Å². The molecule has 0 aromatic rings. The van der Waals surface area contributed by atoms with Gasteiger partial charge in [-0.15, -0.1) is 0 Å². The number of aliphatic hydroxyl groups is 1. The fourth-order valence-electron chi connectivity index (χ4n) is 4.37. The van der Waals surface area contributed by atoms with Crippen LogP contribution in [-0.4, -0.2) is 57.5 Å². The van der Waals surface area contributed by atoms with E-state index in [4.69, 9.17) is 24.1 Å². The molecule has 5 nitrogen and oxygen atoms in total. The summed E-state index contributed by atoms with van der Waals surface area (Å²) in [5.74, 6) is 0.0538. The van der Waals surface area contributed by atoms with Crippen molar-refractivity contribution >= 4 is 0 Å². The summed E-state index contributed by atoms with van der Waals surface area (Å²) in [6.45, 7) is 7.59. The van der Waals surface area contributed by atoms with Crippen LogP contribution in [0.15, 0.2) is 12.3 Å². The van der Waals surface area contributed by atoms with Gasteiger partial charge in [-0.2, -0.15) is 0 Å². The summed E-state index contributed by atoms with van der Waals surface area (Å²) >= 11 is 0. The molecule has 0 radical (unpaired) electrons. The fraction of sp³-hybridized carbons (Fsp3) is 0.929. The second kappa shape index (κ2) is 24.5. The second-order valence-electron chi connectivity index (χ2n) is 9.57. The average molecular weight is 471 g/mol. The number of aliphatic hydroxyl groups excluding tert-OH is 1. The zero-order chi connectivity index (χ0) is 23.7. The summed E-state index contributed by atoms with van der Waals surface area (Å²) in [4.78, 5) is 0. The van der Waals surface area contributed by atoms with E-state index in [1.807, 2.05) is 0 Å². The Morgan fingerprint density at radius 3 is 1.45 bits per heavy atom. The molecule has 0 spiro atoms. The maximum absolute atomic E-state index is 8.91. The van der Waals surface area contributed by atoms with Crippen molar-refractivity contribution < 1.29 is 24.1 Å². The van der Waals surface area contributed by atoms with Crippen LogP contribution in [0.1, 0.15) is 116 Å². The third kappa shape index (κ3) is 22.9. The van der Waals surface area contributed by atoms with Gasteiger partial charge < -0.3 is 24.1 Å². The minimum Gasteiger partial charge on any atom is -0.510 e. The molecule has 1 fully saturated rings. The van der Waals surface area contributed by atoms with Crippen molar-refractivity contribution in [2.75, 3.05) is 46.2 Å². The highest BCUT2D eigenvalue weighted by atomic mass is 16.5. The van der Waals surface area contributed by atoms with Gasteiger partial charge in [-0.25, -0.2) is 0 Å². The Hall–Kier alpha value is -0.620. The van der Waals surface area contributed by atoms with Gasteiger partial charge in [-0.1, -0.05) is 90.0 Å². The molecule has 5 heteroatoms. The lowest BCUT2D eigenvalue weighted by Gasteiger charge is -2.18. The summed E-state index contributed by atoms with van der Waals surface area (Å²) in [5, 5.41) is 8.91. The SMILES string of the molecule is C=C(O)COCCOCCCCCOCCOC1CCCCCCCCCCCCCCC1. The van der Waals surface area contributed by atoms with E-state index in [0.29, 0.717) is 25.9 Å². The van der Waals surface area contributed by atoms with E-state index in [1.165, 1.54) is 96.3 Å². The quantitative estimate of drug-likeness (QED) is 0.198.